The van der Waals surface area contributed by atoms with Crippen molar-refractivity contribution in [3.8, 4) is 5.88 Å². The van der Waals surface area contributed by atoms with E-state index >= 15 is 0 Å². The van der Waals surface area contributed by atoms with Crippen LogP contribution in [0, 0.1) is 0 Å². The van der Waals surface area contributed by atoms with Crippen LogP contribution in [0.4, 0.5) is 5.82 Å². The molecule has 6 heteroatoms. The zero-order valence-corrected chi connectivity index (χ0v) is 12.7. The molecular weight excluding hydrogens is 268 g/mol. The van der Waals surface area contributed by atoms with E-state index in [4.69, 9.17) is 4.74 Å². The fourth-order valence-corrected chi connectivity index (χ4v) is 2.22. The van der Waals surface area contributed by atoms with Gasteiger partial charge in [-0.15, -0.1) is 6.58 Å². The summed E-state index contributed by atoms with van der Waals surface area (Å²) in [5, 5.41) is 0. The molecule has 1 atom stereocenters. The van der Waals surface area contributed by atoms with Gasteiger partial charge >= 0.3 is 0 Å². The maximum Gasteiger partial charge on any atom is 0.234 e. The van der Waals surface area contributed by atoms with E-state index < -0.39 is 0 Å². The number of carbonyl (C=O) groups excluding carboxylic acids is 1. The maximum atomic E-state index is 11.9. The molecule has 1 aliphatic rings. The van der Waals surface area contributed by atoms with Crippen molar-refractivity contribution in [3.63, 3.8) is 0 Å². The van der Waals surface area contributed by atoms with Crippen molar-refractivity contribution in [2.24, 2.45) is 0 Å². The first kappa shape index (κ1) is 15.3. The highest BCUT2D eigenvalue weighted by Gasteiger charge is 2.27. The molecule has 1 fully saturated rings. The first-order valence-electron chi connectivity index (χ1n) is 7.15. The standard InChI is InChI=1S/C15H22N4O2/c1-4-5-6-15(20)19-8-7-12(11-19)21-14-10-16-9-13(17-14)18(2)3/h4,9-10,12H,1,5-8,11H2,2-3H3. The summed E-state index contributed by atoms with van der Waals surface area (Å²) in [5.74, 6) is 1.42. The third kappa shape index (κ3) is 4.18. The van der Waals surface area contributed by atoms with Crippen LogP contribution in [0.25, 0.3) is 0 Å². The number of likely N-dealkylation sites (tertiary alicyclic amines) is 1. The normalized spacial score (nSPS) is 17.6. The Morgan fingerprint density at radius 3 is 3.10 bits per heavy atom. The summed E-state index contributed by atoms with van der Waals surface area (Å²) in [7, 11) is 3.81. The monoisotopic (exact) mass is 290 g/mol. The van der Waals surface area contributed by atoms with Crippen molar-refractivity contribution in [2.45, 2.75) is 25.4 Å². The number of rotatable bonds is 6. The molecule has 0 spiro atoms. The van der Waals surface area contributed by atoms with Gasteiger partial charge in [0.2, 0.25) is 11.8 Å². The number of carbonyl (C=O) groups is 1. The van der Waals surface area contributed by atoms with Crippen LogP contribution in [0.1, 0.15) is 19.3 Å². The number of allylic oxidation sites excluding steroid dienone is 1. The lowest BCUT2D eigenvalue weighted by molar-refractivity contribution is -0.130. The largest absolute Gasteiger partial charge is 0.471 e. The van der Waals surface area contributed by atoms with Crippen molar-refractivity contribution in [3.05, 3.63) is 25.0 Å². The Morgan fingerprint density at radius 2 is 2.38 bits per heavy atom. The van der Waals surface area contributed by atoms with Gasteiger partial charge in [-0.3, -0.25) is 9.78 Å². The Labute approximate surface area is 125 Å². The first-order valence-corrected chi connectivity index (χ1v) is 7.15. The summed E-state index contributed by atoms with van der Waals surface area (Å²) < 4.78 is 5.84. The van der Waals surface area contributed by atoms with Gasteiger partial charge in [-0.2, -0.15) is 4.98 Å². The Hall–Kier alpha value is -2.11. The molecule has 1 amide bonds. The van der Waals surface area contributed by atoms with E-state index in [1.54, 1.807) is 18.5 Å². The number of ether oxygens (including phenoxy) is 1. The van der Waals surface area contributed by atoms with Gasteiger partial charge in [-0.05, 0) is 6.42 Å². The molecule has 21 heavy (non-hydrogen) atoms. The molecule has 2 rings (SSSR count). The average molecular weight is 290 g/mol. The fraction of sp³-hybridized carbons (Fsp3) is 0.533. The summed E-state index contributed by atoms with van der Waals surface area (Å²) in [4.78, 5) is 24.2. The zero-order chi connectivity index (χ0) is 15.2. The molecule has 114 valence electrons. The van der Waals surface area contributed by atoms with Crippen molar-refractivity contribution in [2.75, 3.05) is 32.1 Å². The van der Waals surface area contributed by atoms with Gasteiger partial charge in [0.25, 0.3) is 0 Å². The third-order valence-corrected chi connectivity index (χ3v) is 3.41. The molecule has 1 saturated heterocycles. The smallest absolute Gasteiger partial charge is 0.234 e. The van der Waals surface area contributed by atoms with E-state index in [0.29, 0.717) is 18.8 Å². The lowest BCUT2D eigenvalue weighted by Gasteiger charge is -2.17. The highest BCUT2D eigenvalue weighted by molar-refractivity contribution is 5.76. The second-order valence-corrected chi connectivity index (χ2v) is 5.31. The number of hydrogen-bond acceptors (Lipinski definition) is 5. The summed E-state index contributed by atoms with van der Waals surface area (Å²) in [6, 6.07) is 0. The predicted molar refractivity (Wildman–Crippen MR) is 81.4 cm³/mol. The molecule has 1 aromatic heterocycles. The van der Waals surface area contributed by atoms with Gasteiger partial charge in [-0.25, -0.2) is 0 Å². The molecule has 0 aliphatic carbocycles. The Balaban J connectivity index is 1.89. The van der Waals surface area contributed by atoms with Crippen LogP contribution in [-0.4, -0.2) is 54.1 Å². The van der Waals surface area contributed by atoms with Crippen LogP contribution < -0.4 is 9.64 Å². The lowest BCUT2D eigenvalue weighted by atomic mass is 10.3. The van der Waals surface area contributed by atoms with Gasteiger partial charge in [0.1, 0.15) is 6.10 Å². The second kappa shape index (κ2) is 7.06. The van der Waals surface area contributed by atoms with E-state index in [1.165, 1.54) is 0 Å². The van der Waals surface area contributed by atoms with Crippen LogP contribution in [0.15, 0.2) is 25.0 Å². The van der Waals surface area contributed by atoms with Gasteiger partial charge in [0, 0.05) is 33.5 Å². The van der Waals surface area contributed by atoms with Gasteiger partial charge in [0.05, 0.1) is 18.9 Å². The third-order valence-electron chi connectivity index (χ3n) is 3.41. The van der Waals surface area contributed by atoms with Crippen LogP contribution >= 0.6 is 0 Å². The van der Waals surface area contributed by atoms with Crippen molar-refractivity contribution in [1.29, 1.82) is 0 Å². The minimum absolute atomic E-state index is 0.00982. The van der Waals surface area contributed by atoms with E-state index in [-0.39, 0.29) is 12.0 Å². The first-order chi connectivity index (χ1) is 10.1. The molecular formula is C15H22N4O2. The number of amides is 1. The molecule has 0 radical (unpaired) electrons. The number of nitrogens with zero attached hydrogens (tertiary/aromatic N) is 4. The van der Waals surface area contributed by atoms with Gasteiger partial charge in [-0.1, -0.05) is 6.08 Å². The quantitative estimate of drug-likeness (QED) is 0.743. The molecule has 2 heterocycles. The maximum absolute atomic E-state index is 11.9. The SMILES string of the molecule is C=CCCC(=O)N1CCC(Oc2cncc(N(C)C)n2)C1. The van der Waals surface area contributed by atoms with Crippen molar-refractivity contribution < 1.29 is 9.53 Å². The van der Waals surface area contributed by atoms with E-state index in [2.05, 4.69) is 16.5 Å². The molecule has 0 aromatic carbocycles. The van der Waals surface area contributed by atoms with Crippen LogP contribution in [0.5, 0.6) is 5.88 Å². The van der Waals surface area contributed by atoms with E-state index in [0.717, 1.165) is 25.2 Å². The van der Waals surface area contributed by atoms with Gasteiger partial charge in [0.15, 0.2) is 5.82 Å². The number of anilines is 1. The average Bonchev–Trinajstić information content (AvgIpc) is 2.93. The topological polar surface area (TPSA) is 58.6 Å². The lowest BCUT2D eigenvalue weighted by Crippen LogP contribution is -2.30. The molecule has 1 aliphatic heterocycles. The van der Waals surface area contributed by atoms with Crippen LogP contribution in [-0.2, 0) is 4.79 Å². The van der Waals surface area contributed by atoms with Crippen molar-refractivity contribution in [1.82, 2.24) is 14.9 Å². The van der Waals surface area contributed by atoms with Crippen LogP contribution in [0.3, 0.4) is 0 Å². The van der Waals surface area contributed by atoms with E-state index in [9.17, 15) is 4.79 Å². The molecule has 6 nitrogen and oxygen atoms in total. The molecule has 1 aromatic rings. The van der Waals surface area contributed by atoms with Gasteiger partial charge < -0.3 is 14.5 Å². The number of hydrogen-bond donors (Lipinski definition) is 0. The summed E-state index contributed by atoms with van der Waals surface area (Å²) in [6.07, 6.45) is 7.12. The number of aromatic nitrogens is 2. The highest BCUT2D eigenvalue weighted by Crippen LogP contribution is 2.18. The Bertz CT molecular complexity index is 504. The fourth-order valence-electron chi connectivity index (χ4n) is 2.22. The molecule has 0 N–H and O–H groups in total. The predicted octanol–water partition coefficient (Wildman–Crippen LogP) is 1.49. The molecule has 0 saturated carbocycles. The molecule has 0 bridgehead atoms. The Kier molecular flexibility index (Phi) is 5.14. The highest BCUT2D eigenvalue weighted by atomic mass is 16.5. The summed E-state index contributed by atoms with van der Waals surface area (Å²) in [5.41, 5.74) is 0. The van der Waals surface area contributed by atoms with Crippen LogP contribution in [0.2, 0.25) is 0 Å². The second-order valence-electron chi connectivity index (χ2n) is 5.31. The van der Waals surface area contributed by atoms with E-state index in [1.807, 2.05) is 23.9 Å². The summed E-state index contributed by atoms with van der Waals surface area (Å²) in [6.45, 7) is 4.99. The zero-order valence-electron chi connectivity index (χ0n) is 12.7. The minimum Gasteiger partial charge on any atom is -0.471 e. The summed E-state index contributed by atoms with van der Waals surface area (Å²) >= 11 is 0. The molecule has 1 unspecified atom stereocenters. The minimum atomic E-state index is -0.00982. The Morgan fingerprint density at radius 1 is 1.57 bits per heavy atom. The van der Waals surface area contributed by atoms with Crippen molar-refractivity contribution >= 4 is 11.7 Å².